The van der Waals surface area contributed by atoms with Gasteiger partial charge in [-0.25, -0.2) is 4.67 Å². The summed E-state index contributed by atoms with van der Waals surface area (Å²) in [6, 6.07) is 42.1. The summed E-state index contributed by atoms with van der Waals surface area (Å²) in [6.07, 6.45) is -1.14. The molecule has 2 saturated heterocycles. The van der Waals surface area contributed by atoms with Crippen LogP contribution in [0, 0.1) is 0 Å². The van der Waals surface area contributed by atoms with Gasteiger partial charge in [-0.15, -0.1) is 0 Å². The van der Waals surface area contributed by atoms with Crippen LogP contribution in [0.5, 0.6) is 0 Å². The normalized spacial score (nSPS) is 22.9. The lowest BCUT2D eigenvalue weighted by molar-refractivity contribution is -0.175. The standard InChI is InChI=1S/C37H42NO4P/c1-27(2)38(28(3)4)43-41-36(29-19-11-7-12-20-29,30-21-13-8-14-22-30)33-34(40-35(5,6)39-33)37(42-43,31-23-15-9-16-24-31)32-25-17-10-18-26-32/h7-28,33-34H,1-6H3/t33-,34-/m1/s1. The van der Waals surface area contributed by atoms with Crippen LogP contribution in [0.3, 0.4) is 0 Å². The molecule has 0 spiro atoms. The summed E-state index contributed by atoms with van der Waals surface area (Å²) in [6.45, 7) is 12.8. The van der Waals surface area contributed by atoms with Crippen molar-refractivity contribution >= 4 is 8.53 Å². The highest BCUT2D eigenvalue weighted by Gasteiger charge is 2.67. The molecule has 4 aromatic carbocycles. The molecular formula is C37H42NO4P. The van der Waals surface area contributed by atoms with Gasteiger partial charge in [0.25, 0.3) is 8.53 Å². The van der Waals surface area contributed by atoms with Crippen LogP contribution >= 0.6 is 8.53 Å². The molecular weight excluding hydrogens is 553 g/mol. The van der Waals surface area contributed by atoms with Crippen LogP contribution < -0.4 is 0 Å². The van der Waals surface area contributed by atoms with E-state index in [1.54, 1.807) is 0 Å². The highest BCUT2D eigenvalue weighted by Crippen LogP contribution is 2.66. The summed E-state index contributed by atoms with van der Waals surface area (Å²) in [5.41, 5.74) is 1.91. The van der Waals surface area contributed by atoms with Gasteiger partial charge in [-0.3, -0.25) is 0 Å². The van der Waals surface area contributed by atoms with Gasteiger partial charge in [-0.05, 0) is 63.8 Å². The Balaban J connectivity index is 1.74. The molecule has 43 heavy (non-hydrogen) atoms. The lowest BCUT2D eigenvalue weighted by atomic mass is 9.72. The Morgan fingerprint density at radius 1 is 0.512 bits per heavy atom. The van der Waals surface area contributed by atoms with Crippen molar-refractivity contribution < 1.29 is 18.5 Å². The first-order valence-electron chi connectivity index (χ1n) is 15.2. The number of hydrogen-bond acceptors (Lipinski definition) is 5. The number of fused-ring (bicyclic) bond motifs is 1. The molecule has 2 aliphatic rings. The molecule has 0 aromatic heterocycles. The van der Waals surface area contributed by atoms with Crippen molar-refractivity contribution in [1.82, 2.24) is 4.67 Å². The Hall–Kier alpha value is -2.89. The average molecular weight is 596 g/mol. The summed E-state index contributed by atoms with van der Waals surface area (Å²) >= 11 is 0. The van der Waals surface area contributed by atoms with Crippen molar-refractivity contribution in [2.24, 2.45) is 0 Å². The van der Waals surface area contributed by atoms with Crippen LogP contribution in [0.15, 0.2) is 121 Å². The molecule has 2 heterocycles. The second-order valence-corrected chi connectivity index (χ2v) is 13.7. The van der Waals surface area contributed by atoms with Gasteiger partial charge in [0.05, 0.1) is 0 Å². The van der Waals surface area contributed by atoms with Crippen molar-refractivity contribution in [2.45, 2.75) is 82.8 Å². The van der Waals surface area contributed by atoms with Crippen molar-refractivity contribution in [3.05, 3.63) is 144 Å². The van der Waals surface area contributed by atoms with Crippen molar-refractivity contribution in [1.29, 1.82) is 0 Å². The van der Waals surface area contributed by atoms with Crippen molar-refractivity contribution in [3.63, 3.8) is 0 Å². The average Bonchev–Trinajstić information content (AvgIpc) is 3.29. The van der Waals surface area contributed by atoms with E-state index in [2.05, 4.69) is 129 Å². The Kier molecular flexibility index (Phi) is 8.34. The largest absolute Gasteiger partial charge is 0.341 e. The Bertz CT molecular complexity index is 1290. The molecule has 4 aromatic rings. The smallest absolute Gasteiger partial charge is 0.261 e. The molecule has 0 amide bonds. The van der Waals surface area contributed by atoms with E-state index < -0.39 is 37.7 Å². The van der Waals surface area contributed by atoms with E-state index in [4.69, 9.17) is 18.5 Å². The Morgan fingerprint density at radius 2 is 0.791 bits per heavy atom. The monoisotopic (exact) mass is 595 g/mol. The highest BCUT2D eigenvalue weighted by atomic mass is 31.2. The van der Waals surface area contributed by atoms with Crippen LogP contribution in [-0.2, 0) is 29.7 Å². The molecule has 224 valence electrons. The zero-order valence-electron chi connectivity index (χ0n) is 25.9. The first kappa shape index (κ1) is 30.1. The van der Waals surface area contributed by atoms with Crippen LogP contribution in [0.2, 0.25) is 0 Å². The van der Waals surface area contributed by atoms with Gasteiger partial charge >= 0.3 is 0 Å². The maximum Gasteiger partial charge on any atom is 0.261 e. The molecule has 2 atom stereocenters. The van der Waals surface area contributed by atoms with E-state index in [9.17, 15) is 0 Å². The molecule has 6 heteroatoms. The summed E-state index contributed by atoms with van der Waals surface area (Å²) in [4.78, 5) is 0. The second kappa shape index (κ2) is 11.9. The predicted molar refractivity (Wildman–Crippen MR) is 172 cm³/mol. The topological polar surface area (TPSA) is 40.2 Å². The second-order valence-electron chi connectivity index (χ2n) is 12.4. The minimum Gasteiger partial charge on any atom is -0.341 e. The third kappa shape index (κ3) is 5.27. The van der Waals surface area contributed by atoms with Crippen LogP contribution in [0.25, 0.3) is 0 Å². The molecule has 0 unspecified atom stereocenters. The first-order valence-corrected chi connectivity index (χ1v) is 16.4. The van der Waals surface area contributed by atoms with Crippen molar-refractivity contribution in [3.8, 4) is 0 Å². The maximum absolute atomic E-state index is 7.62. The number of hydrogen-bond donors (Lipinski definition) is 0. The zero-order valence-corrected chi connectivity index (χ0v) is 26.8. The Morgan fingerprint density at radius 3 is 1.05 bits per heavy atom. The van der Waals surface area contributed by atoms with Gasteiger partial charge in [-0.2, -0.15) is 0 Å². The van der Waals surface area contributed by atoms with E-state index in [-0.39, 0.29) is 12.1 Å². The van der Waals surface area contributed by atoms with E-state index in [0.29, 0.717) is 0 Å². The lowest BCUT2D eigenvalue weighted by Gasteiger charge is -2.44. The van der Waals surface area contributed by atoms with Crippen LogP contribution in [0.4, 0.5) is 0 Å². The molecule has 2 fully saturated rings. The summed E-state index contributed by atoms with van der Waals surface area (Å²) < 4.78 is 31.8. The number of ether oxygens (including phenoxy) is 2. The van der Waals surface area contributed by atoms with Gasteiger partial charge in [0.1, 0.15) is 12.2 Å². The SMILES string of the molecule is CC(C)N(C(C)C)P1OC(c2ccccc2)(c2ccccc2)[C@@H]2OC(C)(C)O[C@H]2C(c2ccccc2)(c2ccccc2)O1. The van der Waals surface area contributed by atoms with E-state index >= 15 is 0 Å². The van der Waals surface area contributed by atoms with Gasteiger partial charge in [0.2, 0.25) is 0 Å². The molecule has 5 nitrogen and oxygen atoms in total. The quantitative estimate of drug-likeness (QED) is 0.200. The fraction of sp³-hybridized carbons (Fsp3) is 0.351. The van der Waals surface area contributed by atoms with E-state index in [0.717, 1.165) is 22.3 Å². The number of benzene rings is 4. The van der Waals surface area contributed by atoms with E-state index in [1.165, 1.54) is 0 Å². The third-order valence-corrected chi connectivity index (χ3v) is 10.6. The van der Waals surface area contributed by atoms with Gasteiger partial charge in [0, 0.05) is 12.1 Å². The lowest BCUT2D eigenvalue weighted by Crippen LogP contribution is -2.53. The summed E-state index contributed by atoms with van der Waals surface area (Å²) in [7, 11) is -1.69. The predicted octanol–water partition coefficient (Wildman–Crippen LogP) is 8.79. The summed E-state index contributed by atoms with van der Waals surface area (Å²) in [5.74, 6) is -0.901. The molecule has 0 N–H and O–H groups in total. The zero-order chi connectivity index (χ0) is 30.2. The molecule has 6 rings (SSSR count). The van der Waals surface area contributed by atoms with Gasteiger partial charge in [-0.1, -0.05) is 121 Å². The molecule has 0 saturated carbocycles. The summed E-state index contributed by atoms with van der Waals surface area (Å²) in [5, 5.41) is 0. The fourth-order valence-corrected chi connectivity index (χ4v) is 8.84. The molecule has 2 aliphatic heterocycles. The number of nitrogens with zero attached hydrogens (tertiary/aromatic N) is 1. The number of rotatable bonds is 7. The Labute approximate surface area is 257 Å². The fourth-order valence-electron chi connectivity index (χ4n) is 6.74. The molecule has 0 aliphatic carbocycles. The van der Waals surface area contributed by atoms with Crippen molar-refractivity contribution in [2.75, 3.05) is 0 Å². The van der Waals surface area contributed by atoms with Crippen LogP contribution in [0.1, 0.15) is 63.8 Å². The van der Waals surface area contributed by atoms with Gasteiger partial charge < -0.3 is 18.5 Å². The minimum absolute atomic E-state index is 0.149. The van der Waals surface area contributed by atoms with Gasteiger partial charge in [0.15, 0.2) is 17.0 Å². The van der Waals surface area contributed by atoms with E-state index in [1.807, 2.05) is 38.1 Å². The minimum atomic E-state index is -1.69. The molecule has 0 radical (unpaired) electrons. The van der Waals surface area contributed by atoms with Crippen LogP contribution in [-0.4, -0.2) is 34.7 Å². The highest BCUT2D eigenvalue weighted by molar-refractivity contribution is 7.44. The molecule has 0 bridgehead atoms. The third-order valence-electron chi connectivity index (χ3n) is 8.40. The first-order chi connectivity index (χ1) is 20.7. The maximum atomic E-state index is 7.62.